The number of hydrogen-bond donors (Lipinski definition) is 2. The molecule has 4 nitrogen and oxygen atoms in total. The van der Waals surface area contributed by atoms with Crippen LogP contribution in [-0.2, 0) is 9.59 Å². The number of unbranched alkanes of at least 4 members (excludes halogenated alkanes) is 3. The van der Waals surface area contributed by atoms with Gasteiger partial charge in [-0.05, 0) is 57.3 Å². The van der Waals surface area contributed by atoms with Gasteiger partial charge in [0.25, 0.3) is 0 Å². The average Bonchev–Trinajstić information content (AvgIpc) is 3.18. The highest BCUT2D eigenvalue weighted by Crippen LogP contribution is 2.35. The summed E-state index contributed by atoms with van der Waals surface area (Å²) in [4.78, 5) is 22.7. The van der Waals surface area contributed by atoms with Crippen molar-refractivity contribution in [2.45, 2.75) is 83.2 Å². The van der Waals surface area contributed by atoms with Crippen molar-refractivity contribution in [2.75, 3.05) is 0 Å². The molecule has 4 atom stereocenters. The molecule has 0 spiro atoms. The number of allylic oxidation sites excluding steroid dienone is 3. The molecule has 0 bridgehead atoms. The second kappa shape index (κ2) is 10.1. The van der Waals surface area contributed by atoms with Crippen LogP contribution in [0.15, 0.2) is 24.3 Å². The molecule has 2 N–H and O–H groups in total. The Labute approximate surface area is 157 Å². The lowest BCUT2D eigenvalue weighted by atomic mass is 9.86. The highest BCUT2D eigenvalue weighted by atomic mass is 16.4. The lowest BCUT2D eigenvalue weighted by Crippen LogP contribution is -2.24. The maximum Gasteiger partial charge on any atom is 0.303 e. The summed E-state index contributed by atoms with van der Waals surface area (Å²) in [6.07, 6.45) is 17.6. The van der Waals surface area contributed by atoms with Crippen LogP contribution in [0.2, 0.25) is 0 Å². The Hall–Kier alpha value is -1.42. The van der Waals surface area contributed by atoms with Gasteiger partial charge in [-0.1, -0.05) is 43.6 Å². The number of rotatable bonds is 11. The topological polar surface area (TPSA) is 74.6 Å². The van der Waals surface area contributed by atoms with Crippen LogP contribution in [-0.4, -0.2) is 27.6 Å². The lowest BCUT2D eigenvalue weighted by Gasteiger charge is -2.23. The van der Waals surface area contributed by atoms with E-state index in [0.717, 1.165) is 57.8 Å². The first-order valence-electron chi connectivity index (χ1n) is 10.2. The Morgan fingerprint density at radius 1 is 1.27 bits per heavy atom. The Morgan fingerprint density at radius 2 is 2.04 bits per heavy atom. The number of aliphatic carboxylic acids is 1. The minimum absolute atomic E-state index is 0.0768. The molecular formula is C22H34O4. The Balaban J connectivity index is 1.76. The highest BCUT2D eigenvalue weighted by molar-refractivity contribution is 5.83. The van der Waals surface area contributed by atoms with E-state index in [2.05, 4.69) is 18.2 Å². The summed E-state index contributed by atoms with van der Waals surface area (Å²) in [5, 5.41) is 19.3. The summed E-state index contributed by atoms with van der Waals surface area (Å²) < 4.78 is 0. The second-order valence-corrected chi connectivity index (χ2v) is 8.31. The normalized spacial score (nSPS) is 28.1. The highest BCUT2D eigenvalue weighted by Gasteiger charge is 2.33. The predicted octanol–water partition coefficient (Wildman–Crippen LogP) is 4.67. The molecule has 1 fully saturated rings. The van der Waals surface area contributed by atoms with Gasteiger partial charge in [0.1, 0.15) is 5.78 Å². The summed E-state index contributed by atoms with van der Waals surface area (Å²) in [5.41, 5.74) is -0.813. The number of carbonyl (C=O) groups excluding carboxylic acids is 1. The molecule has 2 rings (SSSR count). The standard InChI is InChI=1S/C22H34O4/c1-22(26,16-17-8-6-7-9-17)15-14-18-12-13-20(23)19(18)10-4-2-3-5-11-21(24)25/h6,8,14-15,17-19,26H,2-5,7,9-13,16H2,1H3,(H,24,25)/b15-14+/t17?,18-,19-,22?/m1/s1. The zero-order valence-corrected chi connectivity index (χ0v) is 16.0. The van der Waals surface area contributed by atoms with Crippen LogP contribution in [0.3, 0.4) is 0 Å². The van der Waals surface area contributed by atoms with E-state index >= 15 is 0 Å². The summed E-state index contributed by atoms with van der Waals surface area (Å²) in [7, 11) is 0. The average molecular weight is 363 g/mol. The maximum atomic E-state index is 12.2. The van der Waals surface area contributed by atoms with Crippen molar-refractivity contribution in [1.29, 1.82) is 0 Å². The van der Waals surface area contributed by atoms with E-state index in [1.165, 1.54) is 0 Å². The van der Waals surface area contributed by atoms with Crippen molar-refractivity contribution in [3.8, 4) is 0 Å². The number of carboxylic acid groups (broad SMARTS) is 1. The first-order valence-corrected chi connectivity index (χ1v) is 10.2. The molecule has 146 valence electrons. The minimum Gasteiger partial charge on any atom is -0.481 e. The van der Waals surface area contributed by atoms with Crippen LogP contribution in [0.25, 0.3) is 0 Å². The van der Waals surface area contributed by atoms with Gasteiger partial charge in [-0.2, -0.15) is 0 Å². The maximum absolute atomic E-state index is 12.2. The van der Waals surface area contributed by atoms with Gasteiger partial charge < -0.3 is 10.2 Å². The van der Waals surface area contributed by atoms with E-state index in [4.69, 9.17) is 5.11 Å². The van der Waals surface area contributed by atoms with Gasteiger partial charge in [0.05, 0.1) is 5.60 Å². The van der Waals surface area contributed by atoms with Gasteiger partial charge in [-0.15, -0.1) is 0 Å². The molecular weight excluding hydrogens is 328 g/mol. The second-order valence-electron chi connectivity index (χ2n) is 8.31. The number of carboxylic acids is 1. The SMILES string of the molecule is CC(O)(/C=C/[C@H]1CCC(=O)[C@@H]1CCCCCCC(=O)O)CC1C=CCC1. The van der Waals surface area contributed by atoms with E-state index in [1.807, 2.05) is 13.0 Å². The monoisotopic (exact) mass is 362 g/mol. The van der Waals surface area contributed by atoms with Crippen LogP contribution < -0.4 is 0 Å². The third-order valence-corrected chi connectivity index (χ3v) is 5.80. The van der Waals surface area contributed by atoms with Crippen LogP contribution in [0.5, 0.6) is 0 Å². The fraction of sp³-hybridized carbons (Fsp3) is 0.727. The molecule has 0 aliphatic heterocycles. The fourth-order valence-corrected chi connectivity index (χ4v) is 4.33. The van der Waals surface area contributed by atoms with Crippen molar-refractivity contribution < 1.29 is 19.8 Å². The zero-order valence-electron chi connectivity index (χ0n) is 16.0. The van der Waals surface area contributed by atoms with Gasteiger partial charge in [-0.25, -0.2) is 0 Å². The van der Waals surface area contributed by atoms with Gasteiger partial charge in [0.15, 0.2) is 0 Å². The summed E-state index contributed by atoms with van der Waals surface area (Å²) in [6.45, 7) is 1.86. The van der Waals surface area contributed by atoms with E-state index < -0.39 is 11.6 Å². The number of hydrogen-bond acceptors (Lipinski definition) is 3. The molecule has 0 aromatic carbocycles. The van der Waals surface area contributed by atoms with Gasteiger partial charge in [-0.3, -0.25) is 9.59 Å². The number of carbonyl (C=O) groups is 2. The lowest BCUT2D eigenvalue weighted by molar-refractivity contribution is -0.137. The summed E-state index contributed by atoms with van der Waals surface area (Å²) in [6, 6.07) is 0. The third-order valence-electron chi connectivity index (χ3n) is 5.80. The van der Waals surface area contributed by atoms with E-state index in [1.54, 1.807) is 0 Å². The molecule has 1 saturated carbocycles. The van der Waals surface area contributed by atoms with Gasteiger partial charge >= 0.3 is 5.97 Å². The van der Waals surface area contributed by atoms with E-state index in [9.17, 15) is 14.7 Å². The first kappa shape index (κ1) is 20.9. The number of Topliss-reactive ketones (excluding diaryl/α,β-unsaturated/α-hetero) is 1. The first-order chi connectivity index (χ1) is 12.4. The van der Waals surface area contributed by atoms with E-state index in [0.29, 0.717) is 18.1 Å². The molecule has 0 heterocycles. The molecule has 2 unspecified atom stereocenters. The molecule has 4 heteroatoms. The number of ketones is 1. The van der Waals surface area contributed by atoms with Crippen LogP contribution in [0, 0.1) is 17.8 Å². The molecule has 2 aliphatic rings. The molecule has 26 heavy (non-hydrogen) atoms. The molecule has 0 amide bonds. The Morgan fingerprint density at radius 3 is 2.73 bits per heavy atom. The predicted molar refractivity (Wildman–Crippen MR) is 103 cm³/mol. The van der Waals surface area contributed by atoms with Crippen LogP contribution in [0.1, 0.15) is 77.6 Å². The van der Waals surface area contributed by atoms with Crippen molar-refractivity contribution in [3.63, 3.8) is 0 Å². The van der Waals surface area contributed by atoms with E-state index in [-0.39, 0.29) is 18.3 Å². The van der Waals surface area contributed by atoms with Crippen LogP contribution >= 0.6 is 0 Å². The quantitative estimate of drug-likeness (QED) is 0.414. The third kappa shape index (κ3) is 7.06. The number of aliphatic hydroxyl groups is 1. The smallest absolute Gasteiger partial charge is 0.303 e. The molecule has 0 aromatic heterocycles. The zero-order chi connectivity index (χ0) is 19.0. The minimum atomic E-state index is -0.813. The summed E-state index contributed by atoms with van der Waals surface area (Å²) >= 11 is 0. The molecule has 0 saturated heterocycles. The van der Waals surface area contributed by atoms with Crippen molar-refractivity contribution >= 4 is 11.8 Å². The Bertz CT molecular complexity index is 532. The summed E-state index contributed by atoms with van der Waals surface area (Å²) in [5.74, 6) is 0.395. The fourth-order valence-electron chi connectivity index (χ4n) is 4.33. The molecule has 0 radical (unpaired) electrons. The molecule has 0 aromatic rings. The van der Waals surface area contributed by atoms with Crippen molar-refractivity contribution in [1.82, 2.24) is 0 Å². The van der Waals surface area contributed by atoms with Gasteiger partial charge in [0, 0.05) is 18.8 Å². The Kier molecular flexibility index (Phi) is 8.08. The van der Waals surface area contributed by atoms with Crippen LogP contribution in [0.4, 0.5) is 0 Å². The molecule has 2 aliphatic carbocycles. The largest absolute Gasteiger partial charge is 0.481 e. The van der Waals surface area contributed by atoms with Gasteiger partial charge in [0.2, 0.25) is 0 Å². The van der Waals surface area contributed by atoms with Crippen molar-refractivity contribution in [3.05, 3.63) is 24.3 Å². The van der Waals surface area contributed by atoms with Crippen molar-refractivity contribution in [2.24, 2.45) is 17.8 Å².